The molecule has 0 spiro atoms. The zero-order valence-corrected chi connectivity index (χ0v) is 8.71. The number of nitrogens with one attached hydrogen (secondary N) is 1. The van der Waals surface area contributed by atoms with Gasteiger partial charge in [-0.1, -0.05) is 12.3 Å². The SMILES string of the molecule is C#CCN1CCCCC1C(C)NC. The first-order valence-electron chi connectivity index (χ1n) is 5.14. The van der Waals surface area contributed by atoms with Gasteiger partial charge in [-0.25, -0.2) is 0 Å². The summed E-state index contributed by atoms with van der Waals surface area (Å²) < 4.78 is 0. The highest BCUT2D eigenvalue weighted by atomic mass is 15.2. The fourth-order valence-corrected chi connectivity index (χ4v) is 2.09. The van der Waals surface area contributed by atoms with E-state index in [1.807, 2.05) is 7.05 Å². The van der Waals surface area contributed by atoms with Gasteiger partial charge in [-0.15, -0.1) is 6.42 Å². The Hall–Kier alpha value is -0.520. The molecule has 1 fully saturated rings. The predicted octanol–water partition coefficient (Wildman–Crippen LogP) is 1.08. The first-order chi connectivity index (χ1) is 6.29. The highest BCUT2D eigenvalue weighted by Gasteiger charge is 2.25. The van der Waals surface area contributed by atoms with E-state index < -0.39 is 0 Å². The molecule has 2 unspecified atom stereocenters. The summed E-state index contributed by atoms with van der Waals surface area (Å²) in [6, 6.07) is 1.18. The Morgan fingerprint density at radius 1 is 1.62 bits per heavy atom. The number of piperidine rings is 1. The van der Waals surface area contributed by atoms with Crippen molar-refractivity contribution in [2.24, 2.45) is 0 Å². The number of nitrogens with zero attached hydrogens (tertiary/aromatic N) is 1. The van der Waals surface area contributed by atoms with Crippen LogP contribution in [0.25, 0.3) is 0 Å². The average Bonchev–Trinajstić information content (AvgIpc) is 2.18. The van der Waals surface area contributed by atoms with Crippen LogP contribution in [-0.2, 0) is 0 Å². The Morgan fingerprint density at radius 2 is 2.38 bits per heavy atom. The van der Waals surface area contributed by atoms with E-state index in [4.69, 9.17) is 6.42 Å². The molecule has 0 saturated carbocycles. The summed E-state index contributed by atoms with van der Waals surface area (Å²) in [6.07, 6.45) is 9.28. The Morgan fingerprint density at radius 3 is 3.00 bits per heavy atom. The molecule has 13 heavy (non-hydrogen) atoms. The molecule has 0 aromatic heterocycles. The van der Waals surface area contributed by atoms with Crippen LogP contribution >= 0.6 is 0 Å². The minimum absolute atomic E-state index is 0.550. The van der Waals surface area contributed by atoms with E-state index in [1.54, 1.807) is 0 Å². The Bertz CT molecular complexity index is 183. The Labute approximate surface area is 81.7 Å². The Kier molecular flexibility index (Phi) is 4.27. The van der Waals surface area contributed by atoms with Crippen LogP contribution in [0.15, 0.2) is 0 Å². The van der Waals surface area contributed by atoms with Crippen molar-refractivity contribution >= 4 is 0 Å². The number of hydrogen-bond donors (Lipinski definition) is 1. The molecular weight excluding hydrogens is 160 g/mol. The van der Waals surface area contributed by atoms with Crippen LogP contribution in [0, 0.1) is 12.3 Å². The molecule has 2 heteroatoms. The summed E-state index contributed by atoms with van der Waals surface area (Å²) in [6.45, 7) is 4.21. The highest BCUT2D eigenvalue weighted by Crippen LogP contribution is 2.18. The maximum absolute atomic E-state index is 5.35. The van der Waals surface area contributed by atoms with Crippen LogP contribution in [-0.4, -0.2) is 37.1 Å². The van der Waals surface area contributed by atoms with Crippen molar-refractivity contribution in [3.63, 3.8) is 0 Å². The fraction of sp³-hybridized carbons (Fsp3) is 0.818. The Balaban J connectivity index is 2.51. The van der Waals surface area contributed by atoms with Gasteiger partial charge in [0.1, 0.15) is 0 Å². The van der Waals surface area contributed by atoms with Crippen LogP contribution in [0.2, 0.25) is 0 Å². The first-order valence-corrected chi connectivity index (χ1v) is 5.14. The molecule has 1 N–H and O–H groups in total. The van der Waals surface area contributed by atoms with Gasteiger partial charge in [0.2, 0.25) is 0 Å². The second kappa shape index (κ2) is 5.26. The molecule has 0 aromatic rings. The number of rotatable bonds is 3. The normalized spacial score (nSPS) is 26.7. The molecule has 0 amide bonds. The smallest absolute Gasteiger partial charge is 0.0601 e. The van der Waals surface area contributed by atoms with Crippen LogP contribution in [0.1, 0.15) is 26.2 Å². The van der Waals surface area contributed by atoms with Gasteiger partial charge < -0.3 is 5.32 Å². The molecule has 1 heterocycles. The van der Waals surface area contributed by atoms with Crippen molar-refractivity contribution in [3.8, 4) is 12.3 Å². The number of likely N-dealkylation sites (N-methyl/N-ethyl adjacent to an activating group) is 1. The lowest BCUT2D eigenvalue weighted by Crippen LogP contribution is -2.50. The van der Waals surface area contributed by atoms with E-state index in [2.05, 4.69) is 23.1 Å². The van der Waals surface area contributed by atoms with Crippen LogP contribution < -0.4 is 5.32 Å². The minimum atomic E-state index is 0.550. The van der Waals surface area contributed by atoms with Gasteiger partial charge in [0.05, 0.1) is 6.54 Å². The zero-order valence-electron chi connectivity index (χ0n) is 8.71. The van der Waals surface area contributed by atoms with E-state index >= 15 is 0 Å². The van der Waals surface area contributed by atoms with Crippen LogP contribution in [0.5, 0.6) is 0 Å². The van der Waals surface area contributed by atoms with Gasteiger partial charge in [0, 0.05) is 12.1 Å². The lowest BCUT2D eigenvalue weighted by Gasteiger charge is -2.38. The molecule has 0 aromatic carbocycles. The summed E-state index contributed by atoms with van der Waals surface area (Å²) in [7, 11) is 2.02. The summed E-state index contributed by atoms with van der Waals surface area (Å²) in [5, 5.41) is 3.31. The van der Waals surface area contributed by atoms with Crippen molar-refractivity contribution in [3.05, 3.63) is 0 Å². The molecule has 74 valence electrons. The molecule has 1 saturated heterocycles. The molecule has 1 rings (SSSR count). The third-order valence-electron chi connectivity index (χ3n) is 2.99. The molecule has 0 radical (unpaired) electrons. The minimum Gasteiger partial charge on any atom is -0.316 e. The van der Waals surface area contributed by atoms with Crippen molar-refractivity contribution in [2.75, 3.05) is 20.1 Å². The number of likely N-dealkylation sites (tertiary alicyclic amines) is 1. The molecule has 1 aliphatic heterocycles. The van der Waals surface area contributed by atoms with Crippen molar-refractivity contribution < 1.29 is 0 Å². The third-order valence-corrected chi connectivity index (χ3v) is 2.99. The highest BCUT2D eigenvalue weighted by molar-refractivity contribution is 4.94. The average molecular weight is 180 g/mol. The van der Waals surface area contributed by atoms with Gasteiger partial charge in [-0.3, -0.25) is 4.90 Å². The number of hydrogen-bond acceptors (Lipinski definition) is 2. The van der Waals surface area contributed by atoms with Gasteiger partial charge in [0.25, 0.3) is 0 Å². The van der Waals surface area contributed by atoms with Crippen LogP contribution in [0.3, 0.4) is 0 Å². The maximum Gasteiger partial charge on any atom is 0.0601 e. The molecule has 1 aliphatic rings. The van der Waals surface area contributed by atoms with E-state index in [0.717, 1.165) is 6.54 Å². The lowest BCUT2D eigenvalue weighted by molar-refractivity contribution is 0.139. The van der Waals surface area contributed by atoms with Crippen molar-refractivity contribution in [2.45, 2.75) is 38.3 Å². The molecule has 0 bridgehead atoms. The summed E-state index contributed by atoms with van der Waals surface area (Å²) in [5.41, 5.74) is 0. The van der Waals surface area contributed by atoms with Gasteiger partial charge in [-0.05, 0) is 33.4 Å². The van der Waals surface area contributed by atoms with Gasteiger partial charge in [0.15, 0.2) is 0 Å². The van der Waals surface area contributed by atoms with Crippen molar-refractivity contribution in [1.29, 1.82) is 0 Å². The van der Waals surface area contributed by atoms with E-state index in [0.29, 0.717) is 12.1 Å². The predicted molar refractivity (Wildman–Crippen MR) is 56.6 cm³/mol. The molecule has 2 nitrogen and oxygen atoms in total. The van der Waals surface area contributed by atoms with E-state index in [-0.39, 0.29) is 0 Å². The largest absolute Gasteiger partial charge is 0.316 e. The third kappa shape index (κ3) is 2.72. The quantitative estimate of drug-likeness (QED) is 0.654. The monoisotopic (exact) mass is 180 g/mol. The number of terminal acetylenes is 1. The fourth-order valence-electron chi connectivity index (χ4n) is 2.09. The van der Waals surface area contributed by atoms with Crippen LogP contribution in [0.4, 0.5) is 0 Å². The zero-order chi connectivity index (χ0) is 9.68. The summed E-state index contributed by atoms with van der Waals surface area (Å²) >= 11 is 0. The molecule has 0 aliphatic carbocycles. The topological polar surface area (TPSA) is 15.3 Å². The maximum atomic E-state index is 5.35. The molecular formula is C11H20N2. The summed E-state index contributed by atoms with van der Waals surface area (Å²) in [5.74, 6) is 2.74. The second-order valence-corrected chi connectivity index (χ2v) is 3.82. The summed E-state index contributed by atoms with van der Waals surface area (Å²) in [4.78, 5) is 2.42. The standard InChI is InChI=1S/C11H20N2/c1-4-8-13-9-6-5-7-11(13)10(2)12-3/h1,10-12H,5-9H2,2-3H3. The first kappa shape index (κ1) is 10.6. The lowest BCUT2D eigenvalue weighted by atomic mass is 9.96. The van der Waals surface area contributed by atoms with E-state index in [9.17, 15) is 0 Å². The van der Waals surface area contributed by atoms with E-state index in [1.165, 1.54) is 25.8 Å². The second-order valence-electron chi connectivity index (χ2n) is 3.82. The van der Waals surface area contributed by atoms with Gasteiger partial charge >= 0.3 is 0 Å². The van der Waals surface area contributed by atoms with Gasteiger partial charge in [-0.2, -0.15) is 0 Å². The molecule has 2 atom stereocenters. The van der Waals surface area contributed by atoms with Crippen molar-refractivity contribution in [1.82, 2.24) is 10.2 Å².